The van der Waals surface area contributed by atoms with Crippen LogP contribution in [0.2, 0.25) is 0 Å². The summed E-state index contributed by atoms with van der Waals surface area (Å²) in [6, 6.07) is 0. The van der Waals surface area contributed by atoms with Crippen LogP contribution in [0.3, 0.4) is 0 Å². The van der Waals surface area contributed by atoms with Gasteiger partial charge in [0, 0.05) is 25.7 Å². The van der Waals surface area contributed by atoms with Crippen LogP contribution in [0.15, 0.2) is 0 Å². The van der Waals surface area contributed by atoms with Crippen molar-refractivity contribution < 1.29 is 36.7 Å². The SMILES string of the molecule is CC1CC2OP(C)(=O)OCC3OC(C)C(C)C3OP(C)(=O)OCC2O1. The molecular formula is C15H28O8P2. The smallest absolute Gasteiger partial charge is 0.328 e. The van der Waals surface area contributed by atoms with Crippen molar-refractivity contribution in [1.29, 1.82) is 0 Å². The highest BCUT2D eigenvalue weighted by atomic mass is 31.2. The number of rotatable bonds is 0. The predicted molar refractivity (Wildman–Crippen MR) is 91.2 cm³/mol. The first-order chi connectivity index (χ1) is 11.6. The molecule has 3 saturated heterocycles. The van der Waals surface area contributed by atoms with E-state index in [1.165, 1.54) is 13.3 Å². The second-order valence-electron chi connectivity index (χ2n) is 7.31. The molecule has 0 saturated carbocycles. The molecule has 0 aromatic carbocycles. The van der Waals surface area contributed by atoms with Gasteiger partial charge in [-0.3, -0.25) is 9.13 Å². The van der Waals surface area contributed by atoms with Crippen LogP contribution in [-0.2, 0) is 36.7 Å². The Hall–Kier alpha value is 0.220. The normalized spacial score (nSPS) is 55.0. The molecule has 3 heterocycles. The molecule has 146 valence electrons. The van der Waals surface area contributed by atoms with Gasteiger partial charge >= 0.3 is 15.2 Å². The van der Waals surface area contributed by atoms with Gasteiger partial charge in [0.05, 0.1) is 31.5 Å². The highest BCUT2D eigenvalue weighted by Gasteiger charge is 2.46. The summed E-state index contributed by atoms with van der Waals surface area (Å²) in [5.41, 5.74) is 0. The summed E-state index contributed by atoms with van der Waals surface area (Å²) >= 11 is 0. The summed E-state index contributed by atoms with van der Waals surface area (Å²) in [5.74, 6) is 0.000997. The Morgan fingerprint density at radius 2 is 1.40 bits per heavy atom. The fourth-order valence-corrected chi connectivity index (χ4v) is 5.95. The zero-order valence-electron chi connectivity index (χ0n) is 15.3. The fraction of sp³-hybridized carbons (Fsp3) is 1.00. The quantitative estimate of drug-likeness (QED) is 0.575. The van der Waals surface area contributed by atoms with Crippen LogP contribution < -0.4 is 0 Å². The summed E-state index contributed by atoms with van der Waals surface area (Å²) in [4.78, 5) is 0. The molecule has 9 atom stereocenters. The van der Waals surface area contributed by atoms with E-state index in [1.54, 1.807) is 0 Å². The van der Waals surface area contributed by atoms with Crippen LogP contribution in [0.25, 0.3) is 0 Å². The van der Waals surface area contributed by atoms with Gasteiger partial charge in [-0.25, -0.2) is 0 Å². The van der Waals surface area contributed by atoms with Gasteiger partial charge in [0.15, 0.2) is 0 Å². The lowest BCUT2D eigenvalue weighted by molar-refractivity contribution is -0.0352. The maximum atomic E-state index is 12.8. The van der Waals surface area contributed by atoms with E-state index in [0.29, 0.717) is 6.42 Å². The van der Waals surface area contributed by atoms with Gasteiger partial charge in [0.1, 0.15) is 18.3 Å². The molecule has 3 aliphatic heterocycles. The molecule has 3 rings (SSSR count). The third-order valence-electron chi connectivity index (χ3n) is 4.99. The number of hydrogen-bond donors (Lipinski definition) is 0. The Morgan fingerprint density at radius 3 is 2.08 bits per heavy atom. The molecule has 0 aromatic heterocycles. The average molecular weight is 398 g/mol. The summed E-state index contributed by atoms with van der Waals surface area (Å²) in [6.07, 6.45) is -1.44. The molecule has 3 fully saturated rings. The summed E-state index contributed by atoms with van der Waals surface area (Å²) in [6.45, 7) is 8.77. The van der Waals surface area contributed by atoms with Crippen molar-refractivity contribution in [2.45, 2.75) is 63.8 Å². The Labute approximate surface area is 148 Å². The van der Waals surface area contributed by atoms with Gasteiger partial charge in [-0.1, -0.05) is 6.92 Å². The van der Waals surface area contributed by atoms with E-state index < -0.39 is 39.6 Å². The van der Waals surface area contributed by atoms with Crippen molar-refractivity contribution in [2.75, 3.05) is 26.5 Å². The first-order valence-corrected chi connectivity index (χ1v) is 12.7. The van der Waals surface area contributed by atoms with E-state index in [-0.39, 0.29) is 31.3 Å². The standard InChI is InChI=1S/C15H28O8P2/c1-9-6-12-13(20-9)7-18-25(5,17)23-15-10(2)11(3)21-14(15)8-19-24(4,16)22-12/h9-15H,6-8H2,1-5H3. The highest BCUT2D eigenvalue weighted by molar-refractivity contribution is 7.53. The molecule has 10 heteroatoms. The molecule has 0 spiro atoms. The Balaban J connectivity index is 1.82. The molecule has 0 amide bonds. The molecule has 0 aliphatic carbocycles. The maximum Gasteiger partial charge on any atom is 0.328 e. The lowest BCUT2D eigenvalue weighted by Crippen LogP contribution is -2.34. The second-order valence-corrected chi connectivity index (χ2v) is 11.3. The van der Waals surface area contributed by atoms with E-state index in [9.17, 15) is 9.13 Å². The van der Waals surface area contributed by atoms with Gasteiger partial charge in [-0.05, 0) is 13.8 Å². The first-order valence-electron chi connectivity index (χ1n) is 8.68. The summed E-state index contributed by atoms with van der Waals surface area (Å²) in [7, 11) is -6.61. The van der Waals surface area contributed by atoms with Crippen LogP contribution >= 0.6 is 15.2 Å². The Morgan fingerprint density at radius 1 is 0.800 bits per heavy atom. The van der Waals surface area contributed by atoms with Crippen molar-refractivity contribution in [2.24, 2.45) is 5.92 Å². The number of fused-ring (bicyclic) bond motifs is 2. The predicted octanol–water partition coefficient (Wildman–Crippen LogP) is 3.05. The lowest BCUT2D eigenvalue weighted by atomic mass is 10.00. The maximum absolute atomic E-state index is 12.8. The van der Waals surface area contributed by atoms with Crippen LogP contribution in [0, 0.1) is 5.92 Å². The molecule has 8 nitrogen and oxygen atoms in total. The Bertz CT molecular complexity index is 584. The lowest BCUT2D eigenvalue weighted by Gasteiger charge is -2.29. The van der Waals surface area contributed by atoms with Gasteiger partial charge in [0.25, 0.3) is 0 Å². The fourth-order valence-electron chi connectivity index (χ4n) is 3.50. The zero-order chi connectivity index (χ0) is 18.4. The van der Waals surface area contributed by atoms with E-state index in [2.05, 4.69) is 0 Å². The average Bonchev–Trinajstić information content (AvgIpc) is 2.96. The number of ether oxygens (including phenoxy) is 2. The van der Waals surface area contributed by atoms with E-state index in [4.69, 9.17) is 27.6 Å². The van der Waals surface area contributed by atoms with Crippen LogP contribution in [0.1, 0.15) is 27.2 Å². The van der Waals surface area contributed by atoms with Gasteiger partial charge in [0.2, 0.25) is 0 Å². The monoisotopic (exact) mass is 398 g/mol. The van der Waals surface area contributed by atoms with E-state index in [1.807, 2.05) is 20.8 Å². The minimum Gasteiger partial charge on any atom is -0.370 e. The third-order valence-corrected chi connectivity index (χ3v) is 7.50. The summed E-state index contributed by atoms with van der Waals surface area (Å²) < 4.78 is 59.7. The van der Waals surface area contributed by atoms with E-state index in [0.717, 1.165) is 0 Å². The van der Waals surface area contributed by atoms with Crippen LogP contribution in [0.5, 0.6) is 0 Å². The zero-order valence-corrected chi connectivity index (χ0v) is 17.1. The minimum atomic E-state index is -3.31. The van der Waals surface area contributed by atoms with Crippen molar-refractivity contribution in [3.05, 3.63) is 0 Å². The van der Waals surface area contributed by atoms with Crippen LogP contribution in [-0.4, -0.2) is 63.2 Å². The third kappa shape index (κ3) is 4.74. The molecule has 0 radical (unpaired) electrons. The largest absolute Gasteiger partial charge is 0.370 e. The molecule has 9 unspecified atom stereocenters. The summed E-state index contributed by atoms with van der Waals surface area (Å²) in [5, 5.41) is 0. The highest BCUT2D eigenvalue weighted by Crippen LogP contribution is 2.53. The van der Waals surface area contributed by atoms with Crippen molar-refractivity contribution >= 4 is 15.2 Å². The molecule has 0 bridgehead atoms. The van der Waals surface area contributed by atoms with Crippen molar-refractivity contribution in [3.63, 3.8) is 0 Å². The molecule has 25 heavy (non-hydrogen) atoms. The minimum absolute atomic E-state index is 0.000997. The van der Waals surface area contributed by atoms with Crippen molar-refractivity contribution in [3.8, 4) is 0 Å². The Kier molecular flexibility index (Phi) is 5.85. The van der Waals surface area contributed by atoms with E-state index >= 15 is 0 Å². The van der Waals surface area contributed by atoms with Gasteiger partial charge in [-0.15, -0.1) is 0 Å². The number of hydrogen-bond acceptors (Lipinski definition) is 8. The molecule has 3 aliphatic rings. The molecular weight excluding hydrogens is 370 g/mol. The first kappa shape index (κ1) is 20.0. The van der Waals surface area contributed by atoms with Crippen molar-refractivity contribution in [1.82, 2.24) is 0 Å². The molecule has 0 aromatic rings. The second kappa shape index (κ2) is 7.33. The van der Waals surface area contributed by atoms with Crippen LogP contribution in [0.4, 0.5) is 0 Å². The van der Waals surface area contributed by atoms with Gasteiger partial charge in [-0.2, -0.15) is 0 Å². The topological polar surface area (TPSA) is 89.5 Å². The van der Waals surface area contributed by atoms with Gasteiger partial charge < -0.3 is 27.6 Å². The molecule has 0 N–H and O–H groups in total.